The Kier molecular flexibility index (Phi) is 6.02. The number of nitrogens with one attached hydrogen (secondary N) is 1. The van der Waals surface area contributed by atoms with Gasteiger partial charge >= 0.3 is 0 Å². The molecular weight excluding hydrogens is 316 g/mol. The van der Waals surface area contributed by atoms with Gasteiger partial charge in [0.25, 0.3) is 0 Å². The van der Waals surface area contributed by atoms with E-state index in [-0.39, 0.29) is 11.7 Å². The van der Waals surface area contributed by atoms with Gasteiger partial charge in [0.15, 0.2) is 0 Å². The molecule has 0 aliphatic carbocycles. The summed E-state index contributed by atoms with van der Waals surface area (Å²) in [6, 6.07) is 9.65. The van der Waals surface area contributed by atoms with E-state index in [9.17, 15) is 8.42 Å². The Hall–Kier alpha value is -1.15. The lowest BCUT2D eigenvalue weighted by molar-refractivity contribution is -0.145. The molecule has 1 N–H and O–H groups in total. The molecule has 1 aliphatic heterocycles. The molecule has 1 aliphatic rings. The third kappa shape index (κ3) is 6.87. The standard InChI is InChI=1S/C16H26N2O4S/c1-16(2)13-18(10-9-17-23(3,19)20)11-15(22-16)12-21-14-7-5-4-6-8-14/h4-8,15,17H,9-13H2,1-3H3. The first-order valence-electron chi connectivity index (χ1n) is 7.76. The maximum atomic E-state index is 11.1. The molecule has 1 aromatic carbocycles. The number of rotatable bonds is 7. The Morgan fingerprint density at radius 1 is 1.35 bits per heavy atom. The monoisotopic (exact) mass is 342 g/mol. The van der Waals surface area contributed by atoms with Gasteiger partial charge in [-0.05, 0) is 26.0 Å². The van der Waals surface area contributed by atoms with Crippen LogP contribution in [0.1, 0.15) is 13.8 Å². The quantitative estimate of drug-likeness (QED) is 0.803. The maximum Gasteiger partial charge on any atom is 0.208 e. The van der Waals surface area contributed by atoms with E-state index in [0.717, 1.165) is 18.8 Å². The van der Waals surface area contributed by atoms with E-state index in [1.807, 2.05) is 44.2 Å². The van der Waals surface area contributed by atoms with Crippen molar-refractivity contribution >= 4 is 10.0 Å². The fourth-order valence-electron chi connectivity index (χ4n) is 2.77. The molecule has 1 heterocycles. The SMILES string of the molecule is CC1(C)CN(CCNS(C)(=O)=O)CC(COc2ccccc2)O1. The zero-order valence-electron chi connectivity index (χ0n) is 14.0. The van der Waals surface area contributed by atoms with Crippen LogP contribution in [0.5, 0.6) is 5.75 Å². The molecule has 1 fully saturated rings. The van der Waals surface area contributed by atoms with Crippen molar-refractivity contribution in [3.05, 3.63) is 30.3 Å². The molecule has 1 atom stereocenters. The topological polar surface area (TPSA) is 67.9 Å². The van der Waals surface area contributed by atoms with Crippen LogP contribution in [0.4, 0.5) is 0 Å². The van der Waals surface area contributed by atoms with Crippen molar-refractivity contribution in [2.24, 2.45) is 0 Å². The summed E-state index contributed by atoms with van der Waals surface area (Å²) < 4.78 is 36.7. The second-order valence-corrected chi connectivity index (χ2v) is 8.36. The number of nitrogens with zero attached hydrogens (tertiary/aromatic N) is 1. The predicted octanol–water partition coefficient (Wildman–Crippen LogP) is 1.09. The Labute approximate surface area is 138 Å². The first kappa shape index (κ1) is 18.2. The fraction of sp³-hybridized carbons (Fsp3) is 0.625. The lowest BCUT2D eigenvalue weighted by Gasteiger charge is -2.42. The zero-order chi connectivity index (χ0) is 16.9. The van der Waals surface area contributed by atoms with Crippen molar-refractivity contribution in [3.8, 4) is 5.75 Å². The Morgan fingerprint density at radius 3 is 2.70 bits per heavy atom. The van der Waals surface area contributed by atoms with Crippen LogP contribution in [0.3, 0.4) is 0 Å². The number of morpholine rings is 1. The molecular formula is C16H26N2O4S. The van der Waals surface area contributed by atoms with Gasteiger partial charge < -0.3 is 9.47 Å². The minimum atomic E-state index is -3.15. The van der Waals surface area contributed by atoms with Crippen LogP contribution in [-0.4, -0.2) is 64.1 Å². The number of hydrogen-bond acceptors (Lipinski definition) is 5. The molecule has 7 heteroatoms. The molecule has 0 bridgehead atoms. The fourth-order valence-corrected chi connectivity index (χ4v) is 3.23. The van der Waals surface area contributed by atoms with E-state index >= 15 is 0 Å². The van der Waals surface area contributed by atoms with Crippen LogP contribution in [0.2, 0.25) is 0 Å². The highest BCUT2D eigenvalue weighted by Crippen LogP contribution is 2.21. The van der Waals surface area contributed by atoms with E-state index in [4.69, 9.17) is 9.47 Å². The largest absolute Gasteiger partial charge is 0.491 e. The smallest absolute Gasteiger partial charge is 0.208 e. The van der Waals surface area contributed by atoms with Crippen LogP contribution >= 0.6 is 0 Å². The maximum absolute atomic E-state index is 11.1. The first-order chi connectivity index (χ1) is 10.7. The third-order valence-electron chi connectivity index (χ3n) is 3.52. The van der Waals surface area contributed by atoms with Crippen LogP contribution < -0.4 is 9.46 Å². The summed E-state index contributed by atoms with van der Waals surface area (Å²) in [5.41, 5.74) is -0.284. The van der Waals surface area contributed by atoms with Gasteiger partial charge in [-0.2, -0.15) is 0 Å². The highest BCUT2D eigenvalue weighted by Gasteiger charge is 2.33. The van der Waals surface area contributed by atoms with Crippen molar-refractivity contribution in [2.45, 2.75) is 25.6 Å². The van der Waals surface area contributed by atoms with Crippen molar-refractivity contribution < 1.29 is 17.9 Å². The molecule has 0 amide bonds. The Balaban J connectivity index is 1.85. The Morgan fingerprint density at radius 2 is 2.04 bits per heavy atom. The number of ether oxygens (including phenoxy) is 2. The van der Waals surface area contributed by atoms with Crippen molar-refractivity contribution in [1.82, 2.24) is 9.62 Å². The van der Waals surface area contributed by atoms with Gasteiger partial charge in [0.2, 0.25) is 10.0 Å². The zero-order valence-corrected chi connectivity index (χ0v) is 14.8. The van der Waals surface area contributed by atoms with E-state index in [0.29, 0.717) is 19.7 Å². The highest BCUT2D eigenvalue weighted by atomic mass is 32.2. The summed E-state index contributed by atoms with van der Waals surface area (Å²) in [5, 5.41) is 0. The van der Waals surface area contributed by atoms with E-state index in [1.165, 1.54) is 6.26 Å². The van der Waals surface area contributed by atoms with E-state index in [1.54, 1.807) is 0 Å². The lowest BCUT2D eigenvalue weighted by atomic mass is 10.1. The van der Waals surface area contributed by atoms with Gasteiger partial charge in [-0.3, -0.25) is 4.90 Å². The van der Waals surface area contributed by atoms with E-state index < -0.39 is 10.0 Å². The summed E-state index contributed by atoms with van der Waals surface area (Å²) in [5.74, 6) is 0.824. The van der Waals surface area contributed by atoms with Crippen LogP contribution in [0.25, 0.3) is 0 Å². The second kappa shape index (κ2) is 7.61. The van der Waals surface area contributed by atoms with Crippen LogP contribution in [0.15, 0.2) is 30.3 Å². The molecule has 2 rings (SSSR count). The molecule has 0 radical (unpaired) electrons. The van der Waals surface area contributed by atoms with Gasteiger partial charge in [0, 0.05) is 26.2 Å². The molecule has 130 valence electrons. The van der Waals surface area contributed by atoms with Gasteiger partial charge in [-0.25, -0.2) is 13.1 Å². The van der Waals surface area contributed by atoms with Gasteiger partial charge in [-0.1, -0.05) is 18.2 Å². The summed E-state index contributed by atoms with van der Waals surface area (Å²) in [4.78, 5) is 2.21. The van der Waals surface area contributed by atoms with Crippen molar-refractivity contribution in [3.63, 3.8) is 0 Å². The molecule has 0 spiro atoms. The number of hydrogen-bond donors (Lipinski definition) is 1. The van der Waals surface area contributed by atoms with Gasteiger partial charge in [0.1, 0.15) is 18.5 Å². The van der Waals surface area contributed by atoms with Crippen LogP contribution in [-0.2, 0) is 14.8 Å². The molecule has 1 aromatic rings. The molecule has 0 saturated carbocycles. The molecule has 1 unspecified atom stereocenters. The predicted molar refractivity (Wildman–Crippen MR) is 90.2 cm³/mol. The third-order valence-corrected chi connectivity index (χ3v) is 4.25. The first-order valence-corrected chi connectivity index (χ1v) is 9.65. The lowest BCUT2D eigenvalue weighted by Crippen LogP contribution is -2.55. The molecule has 0 aromatic heterocycles. The van der Waals surface area contributed by atoms with Gasteiger partial charge in [-0.15, -0.1) is 0 Å². The minimum Gasteiger partial charge on any atom is -0.491 e. The number of sulfonamides is 1. The summed E-state index contributed by atoms with van der Waals surface area (Å²) >= 11 is 0. The Bertz CT molecular complexity index is 589. The van der Waals surface area contributed by atoms with Gasteiger partial charge in [0.05, 0.1) is 11.9 Å². The summed E-state index contributed by atoms with van der Waals surface area (Å²) in [6.45, 7) is 7.10. The normalized spacial score (nSPS) is 22.0. The second-order valence-electron chi connectivity index (χ2n) is 6.53. The average molecular weight is 342 g/mol. The van der Waals surface area contributed by atoms with E-state index in [2.05, 4.69) is 9.62 Å². The van der Waals surface area contributed by atoms with Crippen LogP contribution in [0, 0.1) is 0 Å². The van der Waals surface area contributed by atoms with Crippen molar-refractivity contribution in [1.29, 1.82) is 0 Å². The highest BCUT2D eigenvalue weighted by molar-refractivity contribution is 7.88. The van der Waals surface area contributed by atoms with Crippen molar-refractivity contribution in [2.75, 3.05) is 39.0 Å². The number of para-hydroxylation sites is 1. The average Bonchev–Trinajstić information content (AvgIpc) is 2.43. The summed E-state index contributed by atoms with van der Waals surface area (Å²) in [6.07, 6.45) is 1.13. The number of benzene rings is 1. The minimum absolute atomic E-state index is 0.0443. The summed E-state index contributed by atoms with van der Waals surface area (Å²) in [7, 11) is -3.15. The molecule has 1 saturated heterocycles. The molecule has 6 nitrogen and oxygen atoms in total. The molecule has 23 heavy (non-hydrogen) atoms.